The summed E-state index contributed by atoms with van der Waals surface area (Å²) >= 11 is 6.05. The van der Waals surface area contributed by atoms with E-state index in [4.69, 9.17) is 16.3 Å². The molecule has 21 heavy (non-hydrogen) atoms. The Morgan fingerprint density at radius 3 is 2.71 bits per heavy atom. The lowest BCUT2D eigenvalue weighted by Crippen LogP contribution is -1.94. The molecular formula is C15H13ClN4O. The van der Waals surface area contributed by atoms with Crippen LogP contribution in [0.4, 0.5) is 0 Å². The van der Waals surface area contributed by atoms with Crippen LogP contribution in [0.3, 0.4) is 0 Å². The van der Waals surface area contributed by atoms with E-state index in [1.54, 1.807) is 23.1 Å². The van der Waals surface area contributed by atoms with E-state index >= 15 is 0 Å². The van der Waals surface area contributed by atoms with Gasteiger partial charge in [0.15, 0.2) is 11.6 Å². The predicted molar refractivity (Wildman–Crippen MR) is 80.5 cm³/mol. The van der Waals surface area contributed by atoms with Crippen molar-refractivity contribution >= 4 is 11.6 Å². The molecule has 2 heterocycles. The van der Waals surface area contributed by atoms with E-state index in [1.807, 2.05) is 37.3 Å². The zero-order chi connectivity index (χ0) is 14.7. The molecule has 0 aliphatic rings. The molecule has 0 fully saturated rings. The Morgan fingerprint density at radius 2 is 2.00 bits per heavy atom. The van der Waals surface area contributed by atoms with E-state index in [0.29, 0.717) is 22.6 Å². The second-order valence-corrected chi connectivity index (χ2v) is 4.74. The SMILES string of the molecule is CCn1cc(Oc2cc(Cl)nc(-c3ccccc3)n2)cn1. The summed E-state index contributed by atoms with van der Waals surface area (Å²) in [7, 11) is 0. The molecule has 0 saturated carbocycles. The first kappa shape index (κ1) is 13.6. The van der Waals surface area contributed by atoms with Crippen LogP contribution in [0, 0.1) is 0 Å². The molecule has 0 unspecified atom stereocenters. The van der Waals surface area contributed by atoms with Gasteiger partial charge in [0.1, 0.15) is 5.15 Å². The van der Waals surface area contributed by atoms with E-state index in [-0.39, 0.29) is 0 Å². The Kier molecular flexibility index (Phi) is 3.83. The van der Waals surface area contributed by atoms with E-state index in [1.165, 1.54) is 0 Å². The molecule has 6 heteroatoms. The van der Waals surface area contributed by atoms with Crippen LogP contribution >= 0.6 is 11.6 Å². The first-order valence-electron chi connectivity index (χ1n) is 6.55. The molecule has 0 bridgehead atoms. The lowest BCUT2D eigenvalue weighted by molar-refractivity contribution is 0.461. The summed E-state index contributed by atoms with van der Waals surface area (Å²) in [6, 6.07) is 11.2. The van der Waals surface area contributed by atoms with Gasteiger partial charge >= 0.3 is 0 Å². The molecule has 5 nitrogen and oxygen atoms in total. The number of hydrogen-bond acceptors (Lipinski definition) is 4. The van der Waals surface area contributed by atoms with Crippen molar-refractivity contribution in [1.29, 1.82) is 0 Å². The first-order valence-corrected chi connectivity index (χ1v) is 6.92. The topological polar surface area (TPSA) is 52.8 Å². The van der Waals surface area contributed by atoms with Crippen molar-refractivity contribution in [3.63, 3.8) is 0 Å². The number of hydrogen-bond donors (Lipinski definition) is 0. The smallest absolute Gasteiger partial charge is 0.224 e. The fraction of sp³-hybridized carbons (Fsp3) is 0.133. The molecule has 1 aromatic carbocycles. The van der Waals surface area contributed by atoms with Crippen molar-refractivity contribution in [2.75, 3.05) is 0 Å². The van der Waals surface area contributed by atoms with Gasteiger partial charge in [-0.3, -0.25) is 4.68 Å². The number of aryl methyl sites for hydroxylation is 1. The predicted octanol–water partition coefficient (Wildman–Crippen LogP) is 3.81. The Hall–Kier alpha value is -2.40. The highest BCUT2D eigenvalue weighted by molar-refractivity contribution is 6.29. The fourth-order valence-corrected chi connectivity index (χ4v) is 2.03. The summed E-state index contributed by atoms with van der Waals surface area (Å²) in [5.41, 5.74) is 0.883. The second kappa shape index (κ2) is 5.93. The average molecular weight is 301 g/mol. The van der Waals surface area contributed by atoms with Crippen LogP contribution in [-0.4, -0.2) is 19.7 Å². The number of nitrogens with zero attached hydrogens (tertiary/aromatic N) is 4. The number of rotatable bonds is 4. The number of halogens is 1. The standard InChI is InChI=1S/C15H13ClN4O/c1-2-20-10-12(9-17-20)21-14-8-13(16)18-15(19-14)11-6-4-3-5-7-11/h3-10H,2H2,1H3. The van der Waals surface area contributed by atoms with Crippen molar-refractivity contribution < 1.29 is 4.74 Å². The van der Waals surface area contributed by atoms with Crippen LogP contribution in [0.2, 0.25) is 5.15 Å². The molecule has 0 amide bonds. The summed E-state index contributed by atoms with van der Waals surface area (Å²) in [5.74, 6) is 1.54. The van der Waals surface area contributed by atoms with E-state index < -0.39 is 0 Å². The van der Waals surface area contributed by atoms with Gasteiger partial charge in [0, 0.05) is 18.2 Å². The summed E-state index contributed by atoms with van der Waals surface area (Å²) in [4.78, 5) is 8.60. The van der Waals surface area contributed by atoms with Gasteiger partial charge in [-0.15, -0.1) is 0 Å². The fourth-order valence-electron chi connectivity index (χ4n) is 1.86. The summed E-state index contributed by atoms with van der Waals surface area (Å²) < 4.78 is 7.46. The quantitative estimate of drug-likeness (QED) is 0.688. The number of aromatic nitrogens is 4. The van der Waals surface area contributed by atoms with Gasteiger partial charge in [0.05, 0.1) is 12.4 Å². The minimum atomic E-state index is 0.335. The maximum Gasteiger partial charge on any atom is 0.224 e. The molecular weight excluding hydrogens is 288 g/mol. The summed E-state index contributed by atoms with van der Waals surface area (Å²) in [5, 5.41) is 4.48. The zero-order valence-corrected chi connectivity index (χ0v) is 12.2. The number of ether oxygens (including phenoxy) is 1. The van der Waals surface area contributed by atoms with Gasteiger partial charge in [0.25, 0.3) is 0 Å². The van der Waals surface area contributed by atoms with Crippen LogP contribution in [0.1, 0.15) is 6.92 Å². The third kappa shape index (κ3) is 3.20. The van der Waals surface area contributed by atoms with Crippen molar-refractivity contribution in [3.05, 3.63) is 53.9 Å². The van der Waals surface area contributed by atoms with Crippen molar-refractivity contribution in [1.82, 2.24) is 19.7 Å². The monoisotopic (exact) mass is 300 g/mol. The molecule has 0 saturated heterocycles. The Bertz CT molecular complexity index is 742. The van der Waals surface area contributed by atoms with Crippen LogP contribution in [0.25, 0.3) is 11.4 Å². The van der Waals surface area contributed by atoms with Crippen LogP contribution in [-0.2, 0) is 6.54 Å². The largest absolute Gasteiger partial charge is 0.436 e. The lowest BCUT2D eigenvalue weighted by atomic mass is 10.2. The molecule has 3 aromatic rings. The van der Waals surface area contributed by atoms with Gasteiger partial charge < -0.3 is 4.74 Å². The third-order valence-electron chi connectivity index (χ3n) is 2.86. The maximum absolute atomic E-state index is 6.05. The van der Waals surface area contributed by atoms with E-state index in [9.17, 15) is 0 Å². The second-order valence-electron chi connectivity index (χ2n) is 4.35. The van der Waals surface area contributed by atoms with E-state index in [2.05, 4.69) is 15.1 Å². The molecule has 0 N–H and O–H groups in total. The minimum absolute atomic E-state index is 0.335. The highest BCUT2D eigenvalue weighted by atomic mass is 35.5. The normalized spacial score (nSPS) is 10.6. The molecule has 0 aliphatic heterocycles. The Labute approximate surface area is 127 Å². The highest BCUT2D eigenvalue weighted by Crippen LogP contribution is 2.24. The van der Waals surface area contributed by atoms with Gasteiger partial charge in [-0.05, 0) is 6.92 Å². The lowest BCUT2D eigenvalue weighted by Gasteiger charge is -2.05. The highest BCUT2D eigenvalue weighted by Gasteiger charge is 2.08. The number of benzene rings is 1. The first-order chi connectivity index (χ1) is 10.2. The summed E-state index contributed by atoms with van der Waals surface area (Å²) in [6.45, 7) is 2.79. The van der Waals surface area contributed by atoms with Crippen molar-refractivity contribution in [3.8, 4) is 23.0 Å². The van der Waals surface area contributed by atoms with Gasteiger partial charge in [0.2, 0.25) is 5.88 Å². The molecule has 3 rings (SSSR count). The average Bonchev–Trinajstić information content (AvgIpc) is 2.95. The van der Waals surface area contributed by atoms with Gasteiger partial charge in [-0.25, -0.2) is 4.98 Å². The van der Waals surface area contributed by atoms with Crippen molar-refractivity contribution in [2.24, 2.45) is 0 Å². The zero-order valence-electron chi connectivity index (χ0n) is 11.4. The molecule has 0 spiro atoms. The van der Waals surface area contributed by atoms with Crippen molar-refractivity contribution in [2.45, 2.75) is 13.5 Å². The Morgan fingerprint density at radius 1 is 1.19 bits per heavy atom. The van der Waals surface area contributed by atoms with Gasteiger partial charge in [-0.1, -0.05) is 41.9 Å². The van der Waals surface area contributed by atoms with Gasteiger partial charge in [-0.2, -0.15) is 10.1 Å². The Balaban J connectivity index is 1.91. The van der Waals surface area contributed by atoms with Crippen LogP contribution in [0.15, 0.2) is 48.8 Å². The minimum Gasteiger partial charge on any atom is -0.436 e. The van der Waals surface area contributed by atoms with E-state index in [0.717, 1.165) is 12.1 Å². The van der Waals surface area contributed by atoms with Crippen LogP contribution < -0.4 is 4.74 Å². The maximum atomic E-state index is 6.05. The molecule has 0 atom stereocenters. The molecule has 106 valence electrons. The molecule has 0 radical (unpaired) electrons. The molecule has 0 aliphatic carbocycles. The van der Waals surface area contributed by atoms with Crippen LogP contribution in [0.5, 0.6) is 11.6 Å². The third-order valence-corrected chi connectivity index (χ3v) is 3.05. The summed E-state index contributed by atoms with van der Waals surface area (Å²) in [6.07, 6.45) is 3.44. The molecule has 2 aromatic heterocycles.